The number of hydrogen-bond acceptors (Lipinski definition) is 2. The van der Waals surface area contributed by atoms with E-state index in [0.717, 1.165) is 29.5 Å². The van der Waals surface area contributed by atoms with Crippen molar-refractivity contribution in [3.63, 3.8) is 0 Å². The molecular formula is C15H24BrFN2. The predicted octanol–water partition coefficient (Wildman–Crippen LogP) is 3.44. The van der Waals surface area contributed by atoms with Crippen LogP contribution < -0.4 is 11.1 Å². The average Bonchev–Trinajstić information content (AvgIpc) is 2.37. The summed E-state index contributed by atoms with van der Waals surface area (Å²) in [4.78, 5) is 0. The lowest BCUT2D eigenvalue weighted by Gasteiger charge is -2.27. The third-order valence-corrected chi connectivity index (χ3v) is 4.06. The summed E-state index contributed by atoms with van der Waals surface area (Å²) in [5.74, 6) is 0.337. The zero-order chi connectivity index (χ0) is 14.5. The molecule has 1 atom stereocenters. The maximum atomic E-state index is 13.9. The second kappa shape index (κ2) is 7.36. The largest absolute Gasteiger partial charge is 0.330 e. The smallest absolute Gasteiger partial charge is 0.127 e. The number of nitrogens with two attached hydrogens (primary N) is 1. The van der Waals surface area contributed by atoms with Crippen LogP contribution in [0.5, 0.6) is 0 Å². The van der Waals surface area contributed by atoms with Crippen molar-refractivity contribution in [1.29, 1.82) is 0 Å². The molecule has 0 aliphatic rings. The van der Waals surface area contributed by atoms with Crippen LogP contribution in [0.15, 0.2) is 22.7 Å². The molecule has 0 saturated carbocycles. The van der Waals surface area contributed by atoms with E-state index in [0.29, 0.717) is 12.5 Å². The van der Waals surface area contributed by atoms with Gasteiger partial charge in [0, 0.05) is 16.4 Å². The number of rotatable bonds is 7. The van der Waals surface area contributed by atoms with Crippen molar-refractivity contribution in [2.45, 2.75) is 32.6 Å². The maximum absolute atomic E-state index is 13.9. The Morgan fingerprint density at radius 1 is 1.42 bits per heavy atom. The molecule has 4 heteroatoms. The Kier molecular flexibility index (Phi) is 6.43. The Hall–Kier alpha value is -0.450. The summed E-state index contributed by atoms with van der Waals surface area (Å²) in [5, 5.41) is 3.41. The van der Waals surface area contributed by atoms with Gasteiger partial charge in [-0.2, -0.15) is 0 Å². The van der Waals surface area contributed by atoms with Gasteiger partial charge in [0.25, 0.3) is 0 Å². The number of halogens is 2. The molecule has 0 saturated heterocycles. The van der Waals surface area contributed by atoms with Gasteiger partial charge in [-0.05, 0) is 42.8 Å². The Balaban J connectivity index is 2.67. The molecule has 1 rings (SSSR count). The molecule has 0 radical (unpaired) electrons. The lowest BCUT2D eigenvalue weighted by atomic mass is 9.84. The molecule has 0 aliphatic heterocycles. The maximum Gasteiger partial charge on any atom is 0.127 e. The van der Waals surface area contributed by atoms with Crippen molar-refractivity contribution in [2.24, 2.45) is 11.7 Å². The van der Waals surface area contributed by atoms with E-state index < -0.39 is 0 Å². The van der Waals surface area contributed by atoms with Crippen molar-refractivity contribution >= 4 is 15.9 Å². The molecule has 0 heterocycles. The number of nitrogens with one attached hydrogen (secondary N) is 1. The van der Waals surface area contributed by atoms with E-state index in [2.05, 4.69) is 28.2 Å². The summed E-state index contributed by atoms with van der Waals surface area (Å²) in [5.41, 5.74) is 6.16. The third-order valence-electron chi connectivity index (χ3n) is 3.57. The molecule has 1 aromatic rings. The first-order valence-corrected chi connectivity index (χ1v) is 7.56. The van der Waals surface area contributed by atoms with Gasteiger partial charge < -0.3 is 11.1 Å². The summed E-state index contributed by atoms with van der Waals surface area (Å²) in [6.07, 6.45) is 1.06. The van der Waals surface area contributed by atoms with Crippen molar-refractivity contribution < 1.29 is 4.39 Å². The van der Waals surface area contributed by atoms with E-state index in [1.807, 2.05) is 19.9 Å². The normalized spacial score (nSPS) is 13.6. The van der Waals surface area contributed by atoms with E-state index in [-0.39, 0.29) is 11.2 Å². The Morgan fingerprint density at radius 3 is 2.68 bits per heavy atom. The molecule has 2 nitrogen and oxygen atoms in total. The lowest BCUT2D eigenvalue weighted by molar-refractivity contribution is 0.404. The highest BCUT2D eigenvalue weighted by molar-refractivity contribution is 9.10. The molecule has 3 N–H and O–H groups in total. The van der Waals surface area contributed by atoms with Gasteiger partial charge in [-0.25, -0.2) is 4.39 Å². The van der Waals surface area contributed by atoms with Gasteiger partial charge in [0.05, 0.1) is 0 Å². The van der Waals surface area contributed by atoms with Gasteiger partial charge in [-0.3, -0.25) is 0 Å². The molecule has 108 valence electrons. The second-order valence-corrected chi connectivity index (χ2v) is 6.56. The number of benzene rings is 1. The zero-order valence-electron chi connectivity index (χ0n) is 12.0. The highest BCUT2D eigenvalue weighted by atomic mass is 79.9. The standard InChI is InChI=1S/C15H24BrFN2/c1-4-11(8-18)9-19-10-15(2,3)13-7-12(16)5-6-14(13)17/h5-7,11,19H,4,8-10,18H2,1-3H3. The van der Waals surface area contributed by atoms with E-state index in [4.69, 9.17) is 5.73 Å². The molecule has 0 spiro atoms. The zero-order valence-corrected chi connectivity index (χ0v) is 13.6. The van der Waals surface area contributed by atoms with Crippen molar-refractivity contribution in [3.05, 3.63) is 34.1 Å². The van der Waals surface area contributed by atoms with Crippen LogP contribution >= 0.6 is 15.9 Å². The SMILES string of the molecule is CCC(CN)CNCC(C)(C)c1cc(Br)ccc1F. The summed E-state index contributed by atoms with van der Waals surface area (Å²) in [7, 11) is 0. The third kappa shape index (κ3) is 4.86. The topological polar surface area (TPSA) is 38.0 Å². The predicted molar refractivity (Wildman–Crippen MR) is 82.8 cm³/mol. The summed E-state index contributed by atoms with van der Waals surface area (Å²) >= 11 is 3.40. The van der Waals surface area contributed by atoms with Crippen LogP contribution in [-0.2, 0) is 5.41 Å². The highest BCUT2D eigenvalue weighted by Crippen LogP contribution is 2.27. The van der Waals surface area contributed by atoms with Crippen molar-refractivity contribution in [3.8, 4) is 0 Å². The van der Waals surface area contributed by atoms with Crippen LogP contribution in [0, 0.1) is 11.7 Å². The molecule has 1 unspecified atom stereocenters. The first-order chi connectivity index (χ1) is 8.90. The van der Waals surface area contributed by atoms with E-state index in [1.165, 1.54) is 6.07 Å². The van der Waals surface area contributed by atoms with Crippen LogP contribution in [0.25, 0.3) is 0 Å². The second-order valence-electron chi connectivity index (χ2n) is 5.65. The van der Waals surface area contributed by atoms with Gasteiger partial charge >= 0.3 is 0 Å². The molecule has 0 aromatic heterocycles. The summed E-state index contributed by atoms with van der Waals surface area (Å²) in [6, 6.07) is 5.09. The van der Waals surface area contributed by atoms with Gasteiger partial charge in [0.1, 0.15) is 5.82 Å². The molecule has 1 aromatic carbocycles. The molecule has 19 heavy (non-hydrogen) atoms. The van der Waals surface area contributed by atoms with Gasteiger partial charge in [0.2, 0.25) is 0 Å². The van der Waals surface area contributed by atoms with E-state index in [1.54, 1.807) is 6.07 Å². The summed E-state index contributed by atoms with van der Waals surface area (Å²) in [6.45, 7) is 8.54. The minimum Gasteiger partial charge on any atom is -0.330 e. The molecule has 0 fully saturated rings. The summed E-state index contributed by atoms with van der Waals surface area (Å²) < 4.78 is 14.8. The van der Waals surface area contributed by atoms with Crippen LogP contribution in [0.1, 0.15) is 32.8 Å². The van der Waals surface area contributed by atoms with Crippen molar-refractivity contribution in [2.75, 3.05) is 19.6 Å². The van der Waals surface area contributed by atoms with Crippen LogP contribution in [0.4, 0.5) is 4.39 Å². The first-order valence-electron chi connectivity index (χ1n) is 6.77. The molecule has 0 bridgehead atoms. The quantitative estimate of drug-likeness (QED) is 0.803. The fraction of sp³-hybridized carbons (Fsp3) is 0.600. The van der Waals surface area contributed by atoms with Gasteiger partial charge in [-0.15, -0.1) is 0 Å². The Morgan fingerprint density at radius 2 is 2.11 bits per heavy atom. The minimum absolute atomic E-state index is 0.152. The van der Waals surface area contributed by atoms with E-state index >= 15 is 0 Å². The van der Waals surface area contributed by atoms with Crippen LogP contribution in [0.2, 0.25) is 0 Å². The highest BCUT2D eigenvalue weighted by Gasteiger charge is 2.24. The molecule has 0 amide bonds. The van der Waals surface area contributed by atoms with Crippen LogP contribution in [0.3, 0.4) is 0 Å². The first kappa shape index (κ1) is 16.6. The monoisotopic (exact) mass is 330 g/mol. The van der Waals surface area contributed by atoms with E-state index in [9.17, 15) is 4.39 Å². The van der Waals surface area contributed by atoms with Gasteiger partial charge in [0.15, 0.2) is 0 Å². The lowest BCUT2D eigenvalue weighted by Crippen LogP contribution is -2.37. The van der Waals surface area contributed by atoms with Crippen LogP contribution in [-0.4, -0.2) is 19.6 Å². The minimum atomic E-state index is -0.249. The Bertz CT molecular complexity index is 403. The van der Waals surface area contributed by atoms with Gasteiger partial charge in [-0.1, -0.05) is 43.1 Å². The Labute approximate surface area is 124 Å². The number of hydrogen-bond donors (Lipinski definition) is 2. The fourth-order valence-electron chi connectivity index (χ4n) is 2.09. The fourth-order valence-corrected chi connectivity index (χ4v) is 2.46. The van der Waals surface area contributed by atoms with Crippen molar-refractivity contribution in [1.82, 2.24) is 5.32 Å². The average molecular weight is 331 g/mol. The molecular weight excluding hydrogens is 307 g/mol. The molecule has 0 aliphatic carbocycles.